The summed E-state index contributed by atoms with van der Waals surface area (Å²) in [5.74, 6) is 1.37. The maximum Gasteiger partial charge on any atom is 0.255 e. The van der Waals surface area contributed by atoms with Crippen LogP contribution in [0.15, 0.2) is 78.0 Å². The second-order valence-corrected chi connectivity index (χ2v) is 8.53. The van der Waals surface area contributed by atoms with Crippen LogP contribution in [0.1, 0.15) is 28.8 Å². The molecule has 0 spiro atoms. The third-order valence-corrected chi connectivity index (χ3v) is 5.61. The molecule has 4 rings (SSSR count). The molecule has 3 heterocycles. The van der Waals surface area contributed by atoms with Crippen LogP contribution >= 0.6 is 11.6 Å². The summed E-state index contributed by atoms with van der Waals surface area (Å²) < 4.78 is 0. The van der Waals surface area contributed by atoms with E-state index in [1.807, 2.05) is 55.5 Å². The van der Waals surface area contributed by atoms with Crippen LogP contribution in [0.2, 0.25) is 5.02 Å². The van der Waals surface area contributed by atoms with Crippen LogP contribution in [0.25, 0.3) is 0 Å². The van der Waals surface area contributed by atoms with Gasteiger partial charge in [-0.2, -0.15) is 0 Å². The molecule has 7 nitrogen and oxygen atoms in total. The minimum absolute atomic E-state index is 0.144. The fourth-order valence-electron chi connectivity index (χ4n) is 3.61. The predicted molar refractivity (Wildman–Crippen MR) is 136 cm³/mol. The summed E-state index contributed by atoms with van der Waals surface area (Å²) in [5, 5.41) is 3.94. The summed E-state index contributed by atoms with van der Waals surface area (Å²) in [6.07, 6.45) is 6.54. The lowest BCUT2D eigenvalue weighted by atomic mass is 10.1. The molecule has 0 aliphatic rings. The molecule has 0 unspecified atom stereocenters. The molecule has 0 bridgehead atoms. The van der Waals surface area contributed by atoms with Crippen LogP contribution in [0, 0.1) is 6.92 Å². The van der Waals surface area contributed by atoms with Crippen molar-refractivity contribution in [2.45, 2.75) is 26.3 Å². The Bertz CT molecular complexity index is 1260. The average Bonchev–Trinajstić information content (AvgIpc) is 2.84. The number of halogens is 1. The summed E-state index contributed by atoms with van der Waals surface area (Å²) in [6.45, 7) is 4.07. The number of nitrogens with zero attached hydrogens (tertiary/aromatic N) is 4. The number of aryl methyl sites for hydroxylation is 1. The van der Waals surface area contributed by atoms with E-state index in [0.717, 1.165) is 40.6 Å². The first kappa shape index (κ1) is 23.4. The van der Waals surface area contributed by atoms with Gasteiger partial charge in [0.1, 0.15) is 5.82 Å². The molecule has 4 aromatic rings. The van der Waals surface area contributed by atoms with Crippen molar-refractivity contribution in [1.82, 2.24) is 19.9 Å². The lowest BCUT2D eigenvalue weighted by Gasteiger charge is -2.24. The van der Waals surface area contributed by atoms with Gasteiger partial charge in [-0.25, -0.2) is 9.97 Å². The van der Waals surface area contributed by atoms with E-state index >= 15 is 0 Å². The molecule has 174 valence electrons. The van der Waals surface area contributed by atoms with Crippen LogP contribution in [0.3, 0.4) is 0 Å². The van der Waals surface area contributed by atoms with Crippen molar-refractivity contribution in [3.63, 3.8) is 0 Å². The second-order valence-electron chi connectivity index (χ2n) is 8.09. The minimum atomic E-state index is -0.144. The molecule has 0 aliphatic heterocycles. The number of nitrogens with one attached hydrogen (secondary N) is 2. The number of pyridine rings is 2. The van der Waals surface area contributed by atoms with E-state index in [9.17, 15) is 4.79 Å². The first-order valence-corrected chi connectivity index (χ1v) is 11.6. The molecule has 8 heteroatoms. The molecular formula is C26H27ClN6O. The second kappa shape index (κ2) is 11.4. The number of anilines is 2. The van der Waals surface area contributed by atoms with Gasteiger partial charge in [-0.05, 0) is 54.8 Å². The zero-order chi connectivity index (χ0) is 23.8. The van der Waals surface area contributed by atoms with E-state index in [1.54, 1.807) is 18.6 Å². The Morgan fingerprint density at radius 2 is 1.91 bits per heavy atom. The minimum Gasteiger partial charge on any atom is -0.356 e. The summed E-state index contributed by atoms with van der Waals surface area (Å²) in [6, 6.07) is 17.7. The average molecular weight is 475 g/mol. The predicted octanol–water partition coefficient (Wildman–Crippen LogP) is 4.62. The quantitative estimate of drug-likeness (QED) is 0.326. The smallest absolute Gasteiger partial charge is 0.255 e. The van der Waals surface area contributed by atoms with Crippen LogP contribution in [-0.2, 0) is 13.0 Å². The summed E-state index contributed by atoms with van der Waals surface area (Å²) in [7, 11) is 0. The SMILES string of the molecule is Cc1ccc(Cc2cnc(NCCCN(Cc3cccc(Cl)c3)c3ccccn3)[nH]c2=O)cn1. The summed E-state index contributed by atoms with van der Waals surface area (Å²) in [5.41, 5.74) is 3.52. The number of aromatic amines is 1. The standard InChI is InChI=1S/C26H27ClN6O/c1-19-9-10-20(16-30-19)14-22-17-31-26(32-25(22)34)29-12-5-13-33(24-8-2-3-11-28-24)18-21-6-4-7-23(27)15-21/h2-4,6-11,15-17H,5,12-14,18H2,1H3,(H2,29,31,32,34). The van der Waals surface area contributed by atoms with Crippen molar-refractivity contribution in [2.75, 3.05) is 23.3 Å². The van der Waals surface area contributed by atoms with Gasteiger partial charge in [-0.15, -0.1) is 0 Å². The Morgan fingerprint density at radius 1 is 1.00 bits per heavy atom. The van der Waals surface area contributed by atoms with Crippen molar-refractivity contribution < 1.29 is 0 Å². The van der Waals surface area contributed by atoms with E-state index in [4.69, 9.17) is 11.6 Å². The molecule has 0 saturated heterocycles. The van der Waals surface area contributed by atoms with Crippen LogP contribution in [0.5, 0.6) is 0 Å². The first-order chi connectivity index (χ1) is 16.6. The molecule has 0 radical (unpaired) electrons. The lowest BCUT2D eigenvalue weighted by Crippen LogP contribution is -2.26. The maximum absolute atomic E-state index is 12.5. The van der Waals surface area contributed by atoms with Gasteiger partial charge in [0.15, 0.2) is 0 Å². The fraction of sp³-hybridized carbons (Fsp3) is 0.231. The molecular weight excluding hydrogens is 448 g/mol. The summed E-state index contributed by atoms with van der Waals surface area (Å²) in [4.78, 5) is 30.7. The topological polar surface area (TPSA) is 86.8 Å². The highest BCUT2D eigenvalue weighted by molar-refractivity contribution is 6.30. The highest BCUT2D eigenvalue weighted by Crippen LogP contribution is 2.17. The third kappa shape index (κ3) is 6.65. The Labute approximate surface area is 203 Å². The van der Waals surface area contributed by atoms with Crippen molar-refractivity contribution in [3.8, 4) is 0 Å². The van der Waals surface area contributed by atoms with Crippen LogP contribution in [0.4, 0.5) is 11.8 Å². The fourth-order valence-corrected chi connectivity index (χ4v) is 3.82. The molecule has 0 atom stereocenters. The van der Waals surface area contributed by atoms with E-state index in [-0.39, 0.29) is 5.56 Å². The molecule has 0 saturated carbocycles. The van der Waals surface area contributed by atoms with Gasteiger partial charge < -0.3 is 10.2 Å². The van der Waals surface area contributed by atoms with Gasteiger partial charge in [0, 0.05) is 60.9 Å². The molecule has 1 aromatic carbocycles. The van der Waals surface area contributed by atoms with Crippen LogP contribution < -0.4 is 15.8 Å². The number of H-pyrrole nitrogens is 1. The number of rotatable bonds is 10. The molecule has 0 amide bonds. The normalized spacial score (nSPS) is 10.8. The van der Waals surface area contributed by atoms with Gasteiger partial charge in [0.2, 0.25) is 5.95 Å². The van der Waals surface area contributed by atoms with Crippen molar-refractivity contribution in [3.05, 3.63) is 111 Å². The van der Waals surface area contributed by atoms with E-state index < -0.39 is 0 Å². The van der Waals surface area contributed by atoms with Gasteiger partial charge in [-0.1, -0.05) is 35.9 Å². The molecule has 34 heavy (non-hydrogen) atoms. The van der Waals surface area contributed by atoms with Gasteiger partial charge in [0.05, 0.1) is 0 Å². The Morgan fingerprint density at radius 3 is 2.65 bits per heavy atom. The molecule has 3 aromatic heterocycles. The molecule has 0 aliphatic carbocycles. The van der Waals surface area contributed by atoms with Crippen molar-refractivity contribution in [2.24, 2.45) is 0 Å². The number of hydrogen-bond donors (Lipinski definition) is 2. The first-order valence-electron chi connectivity index (χ1n) is 11.2. The van der Waals surface area contributed by atoms with E-state index in [0.29, 0.717) is 31.0 Å². The van der Waals surface area contributed by atoms with E-state index in [2.05, 4.69) is 36.2 Å². The van der Waals surface area contributed by atoms with Crippen molar-refractivity contribution in [1.29, 1.82) is 0 Å². The zero-order valence-corrected chi connectivity index (χ0v) is 19.8. The van der Waals surface area contributed by atoms with Gasteiger partial charge >= 0.3 is 0 Å². The van der Waals surface area contributed by atoms with Gasteiger partial charge in [-0.3, -0.25) is 14.8 Å². The number of hydrogen-bond acceptors (Lipinski definition) is 6. The maximum atomic E-state index is 12.5. The Balaban J connectivity index is 1.33. The zero-order valence-electron chi connectivity index (χ0n) is 19.0. The highest BCUT2D eigenvalue weighted by atomic mass is 35.5. The van der Waals surface area contributed by atoms with Crippen LogP contribution in [-0.4, -0.2) is 33.0 Å². The van der Waals surface area contributed by atoms with E-state index in [1.165, 1.54) is 0 Å². The highest BCUT2D eigenvalue weighted by Gasteiger charge is 2.09. The van der Waals surface area contributed by atoms with Crippen molar-refractivity contribution >= 4 is 23.4 Å². The Hall–Kier alpha value is -3.71. The number of benzene rings is 1. The van der Waals surface area contributed by atoms with Gasteiger partial charge in [0.25, 0.3) is 5.56 Å². The monoisotopic (exact) mass is 474 g/mol. The Kier molecular flexibility index (Phi) is 7.88. The largest absolute Gasteiger partial charge is 0.356 e. The molecule has 0 fully saturated rings. The third-order valence-electron chi connectivity index (χ3n) is 5.37. The summed E-state index contributed by atoms with van der Waals surface area (Å²) >= 11 is 6.16. The number of aromatic nitrogens is 4. The lowest BCUT2D eigenvalue weighted by molar-refractivity contribution is 0.735. The molecule has 2 N–H and O–H groups in total.